The number of ether oxygens (including phenoxy) is 1. The summed E-state index contributed by atoms with van der Waals surface area (Å²) in [6.07, 6.45) is -4.72. The Hall–Kier alpha value is -3.15. The Balaban J connectivity index is 1.90. The van der Waals surface area contributed by atoms with E-state index in [0.717, 1.165) is 28.1 Å². The van der Waals surface area contributed by atoms with Gasteiger partial charge in [-0.15, -0.1) is 0 Å². The van der Waals surface area contributed by atoms with E-state index in [1.165, 1.54) is 12.0 Å². The number of methoxy groups -OCH3 is 1. The molecule has 0 bridgehead atoms. The Morgan fingerprint density at radius 3 is 2.33 bits per heavy atom. The Morgan fingerprint density at radius 2 is 1.72 bits per heavy atom. The van der Waals surface area contributed by atoms with Crippen LogP contribution in [-0.4, -0.2) is 50.3 Å². The zero-order valence-electron chi connectivity index (χ0n) is 19.9. The molecule has 0 radical (unpaired) electrons. The molecule has 0 N–H and O–H groups in total. The van der Waals surface area contributed by atoms with Crippen molar-refractivity contribution in [2.45, 2.75) is 31.1 Å². The second kappa shape index (κ2) is 11.7. The number of nitrogens with zero attached hydrogens (tertiary/aromatic N) is 2. The van der Waals surface area contributed by atoms with Crippen molar-refractivity contribution < 1.29 is 35.5 Å². The predicted molar refractivity (Wildman–Crippen MR) is 126 cm³/mol. The van der Waals surface area contributed by atoms with Gasteiger partial charge < -0.3 is 14.1 Å². The van der Waals surface area contributed by atoms with Gasteiger partial charge in [0.25, 0.3) is 0 Å². The summed E-state index contributed by atoms with van der Waals surface area (Å²) in [7, 11) is -3.08. The first-order valence-corrected chi connectivity index (χ1v) is 12.5. The van der Waals surface area contributed by atoms with Crippen LogP contribution in [0.1, 0.15) is 22.6 Å². The van der Waals surface area contributed by atoms with Crippen LogP contribution in [0.2, 0.25) is 0 Å². The molecule has 1 heterocycles. The molecule has 0 unspecified atom stereocenters. The normalized spacial score (nSPS) is 12.2. The van der Waals surface area contributed by atoms with Gasteiger partial charge in [0.15, 0.2) is 0 Å². The van der Waals surface area contributed by atoms with Crippen molar-refractivity contribution >= 4 is 15.9 Å². The second-order valence-electron chi connectivity index (χ2n) is 8.10. The molecule has 3 rings (SSSR count). The van der Waals surface area contributed by atoms with Gasteiger partial charge in [-0.1, -0.05) is 36.4 Å². The minimum absolute atomic E-state index is 0.0540. The number of rotatable bonds is 11. The average molecular weight is 525 g/mol. The van der Waals surface area contributed by atoms with Crippen LogP contribution in [0.4, 0.5) is 13.2 Å². The maximum Gasteiger partial charge on any atom is 0.416 e. The Labute approximate surface area is 208 Å². The number of carbonyl (C=O) groups excluding carboxylic acids is 1. The van der Waals surface area contributed by atoms with Crippen LogP contribution >= 0.6 is 0 Å². The number of carbonyl (C=O) groups is 1. The number of hydrogen-bond donors (Lipinski definition) is 0. The molecule has 194 valence electrons. The van der Waals surface area contributed by atoms with E-state index in [9.17, 15) is 26.4 Å². The molecule has 0 saturated heterocycles. The number of furan rings is 1. The van der Waals surface area contributed by atoms with Gasteiger partial charge in [-0.2, -0.15) is 17.5 Å². The molecule has 3 aromatic rings. The van der Waals surface area contributed by atoms with E-state index in [1.807, 2.05) is 30.3 Å². The maximum absolute atomic E-state index is 13.4. The van der Waals surface area contributed by atoms with Gasteiger partial charge in [0.2, 0.25) is 15.9 Å². The molecule has 0 spiro atoms. The lowest BCUT2D eigenvalue weighted by molar-refractivity contribution is -0.137. The Morgan fingerprint density at radius 1 is 1.00 bits per heavy atom. The third-order valence-electron chi connectivity index (χ3n) is 5.37. The molecule has 0 atom stereocenters. The van der Waals surface area contributed by atoms with Gasteiger partial charge in [0.1, 0.15) is 11.5 Å². The fourth-order valence-electron chi connectivity index (χ4n) is 3.50. The number of hydrogen-bond acceptors (Lipinski definition) is 5. The standard InChI is InChI=1S/C25H27F3N2O5S/c1-19-11-12-22(35-19)17-29(16-20-7-4-3-5-8-20)24(31)18-30(13-14-34-2)36(32,33)23-10-6-9-21(15-23)25(26,27)28/h3-12,15H,13-14,16-18H2,1-2H3. The van der Waals surface area contributed by atoms with E-state index in [0.29, 0.717) is 17.6 Å². The van der Waals surface area contributed by atoms with Gasteiger partial charge in [0, 0.05) is 20.2 Å². The lowest BCUT2D eigenvalue weighted by Crippen LogP contribution is -2.43. The van der Waals surface area contributed by atoms with E-state index in [4.69, 9.17) is 9.15 Å². The van der Waals surface area contributed by atoms with Crippen LogP contribution in [0.15, 0.2) is 76.0 Å². The summed E-state index contributed by atoms with van der Waals surface area (Å²) in [5.41, 5.74) is -0.279. The minimum Gasteiger partial charge on any atom is -0.464 e. The van der Waals surface area contributed by atoms with Gasteiger partial charge in [-0.3, -0.25) is 4.79 Å². The van der Waals surface area contributed by atoms with Gasteiger partial charge in [-0.05, 0) is 42.8 Å². The molecule has 0 fully saturated rings. The molecule has 0 aliphatic carbocycles. The zero-order valence-corrected chi connectivity index (χ0v) is 20.7. The summed E-state index contributed by atoms with van der Waals surface area (Å²) in [6, 6.07) is 16.0. The third kappa shape index (κ3) is 7.19. The highest BCUT2D eigenvalue weighted by molar-refractivity contribution is 7.89. The van der Waals surface area contributed by atoms with Crippen LogP contribution in [0, 0.1) is 6.92 Å². The van der Waals surface area contributed by atoms with Crippen molar-refractivity contribution in [3.8, 4) is 0 Å². The van der Waals surface area contributed by atoms with Crippen LogP contribution in [0.25, 0.3) is 0 Å². The molecule has 11 heteroatoms. The highest BCUT2D eigenvalue weighted by Crippen LogP contribution is 2.31. The third-order valence-corrected chi connectivity index (χ3v) is 7.21. The summed E-state index contributed by atoms with van der Waals surface area (Å²) >= 11 is 0. The predicted octanol–water partition coefficient (Wildman–Crippen LogP) is 4.47. The zero-order chi connectivity index (χ0) is 26.3. The van der Waals surface area contributed by atoms with Crippen LogP contribution in [0.5, 0.6) is 0 Å². The average Bonchev–Trinajstić information content (AvgIpc) is 3.25. The molecular formula is C25H27F3N2O5S. The number of alkyl halides is 3. The summed E-state index contributed by atoms with van der Waals surface area (Å²) in [5.74, 6) is 0.631. The highest BCUT2D eigenvalue weighted by Gasteiger charge is 2.34. The van der Waals surface area contributed by atoms with E-state index >= 15 is 0 Å². The van der Waals surface area contributed by atoms with Crippen molar-refractivity contribution in [1.29, 1.82) is 0 Å². The smallest absolute Gasteiger partial charge is 0.416 e. The molecule has 7 nitrogen and oxygen atoms in total. The van der Waals surface area contributed by atoms with Gasteiger partial charge in [0.05, 0.1) is 30.2 Å². The quantitative estimate of drug-likeness (QED) is 0.370. The minimum atomic E-state index is -4.72. The Bertz CT molecular complexity index is 1260. The van der Waals surface area contributed by atoms with Crippen molar-refractivity contribution in [3.63, 3.8) is 0 Å². The first kappa shape index (κ1) is 27.4. The number of benzene rings is 2. The number of sulfonamides is 1. The maximum atomic E-state index is 13.4. The Kier molecular flexibility index (Phi) is 8.93. The van der Waals surface area contributed by atoms with Crippen LogP contribution in [-0.2, 0) is 38.8 Å². The highest BCUT2D eigenvalue weighted by atomic mass is 32.2. The van der Waals surface area contributed by atoms with Crippen LogP contribution in [0.3, 0.4) is 0 Å². The summed E-state index contributed by atoms with van der Waals surface area (Å²) < 4.78 is 77.6. The molecule has 0 saturated carbocycles. The molecule has 0 aliphatic heterocycles. The van der Waals surface area contributed by atoms with Crippen molar-refractivity contribution in [2.75, 3.05) is 26.8 Å². The molecular weight excluding hydrogens is 497 g/mol. The topological polar surface area (TPSA) is 80.1 Å². The first-order chi connectivity index (χ1) is 17.0. The largest absolute Gasteiger partial charge is 0.464 e. The van der Waals surface area contributed by atoms with Crippen molar-refractivity contribution in [3.05, 3.63) is 89.4 Å². The van der Waals surface area contributed by atoms with E-state index < -0.39 is 39.1 Å². The summed E-state index contributed by atoms with van der Waals surface area (Å²) in [5, 5.41) is 0. The van der Waals surface area contributed by atoms with Crippen LogP contribution < -0.4 is 0 Å². The van der Waals surface area contributed by atoms with E-state index in [2.05, 4.69) is 0 Å². The van der Waals surface area contributed by atoms with Gasteiger partial charge in [-0.25, -0.2) is 8.42 Å². The van der Waals surface area contributed by atoms with Gasteiger partial charge >= 0.3 is 6.18 Å². The van der Waals surface area contributed by atoms with E-state index in [-0.39, 0.29) is 26.2 Å². The molecule has 36 heavy (non-hydrogen) atoms. The fourth-order valence-corrected chi connectivity index (χ4v) is 4.92. The second-order valence-corrected chi connectivity index (χ2v) is 10.0. The number of amides is 1. The fraction of sp³-hybridized carbons (Fsp3) is 0.320. The summed E-state index contributed by atoms with van der Waals surface area (Å²) in [6.45, 7) is 1.17. The SMILES string of the molecule is COCCN(CC(=O)N(Cc1ccccc1)Cc1ccc(C)o1)S(=O)(=O)c1cccc(C(F)(F)F)c1. The molecule has 2 aromatic carbocycles. The van der Waals surface area contributed by atoms with Crippen molar-refractivity contribution in [1.82, 2.24) is 9.21 Å². The lowest BCUT2D eigenvalue weighted by atomic mass is 10.2. The first-order valence-electron chi connectivity index (χ1n) is 11.0. The number of halogens is 3. The molecule has 1 amide bonds. The lowest BCUT2D eigenvalue weighted by Gasteiger charge is -2.27. The van der Waals surface area contributed by atoms with E-state index in [1.54, 1.807) is 19.1 Å². The molecule has 1 aromatic heterocycles. The number of aryl methyl sites for hydroxylation is 1. The van der Waals surface area contributed by atoms with Crippen molar-refractivity contribution in [2.24, 2.45) is 0 Å². The summed E-state index contributed by atoms with van der Waals surface area (Å²) in [4.78, 5) is 14.3. The molecule has 0 aliphatic rings. The monoisotopic (exact) mass is 524 g/mol.